The Balaban J connectivity index is 2.23. The van der Waals surface area contributed by atoms with Crippen LogP contribution in [0.1, 0.15) is 40.5 Å². The van der Waals surface area contributed by atoms with Crippen molar-refractivity contribution < 1.29 is 9.53 Å². The maximum Gasteiger partial charge on any atom is 0.410 e. The summed E-state index contributed by atoms with van der Waals surface area (Å²) in [6.45, 7) is 11.7. The van der Waals surface area contributed by atoms with Crippen LogP contribution in [0, 0.1) is 5.92 Å². The highest BCUT2D eigenvalue weighted by Gasteiger charge is 2.21. The highest BCUT2D eigenvalue weighted by Crippen LogP contribution is 2.10. The summed E-state index contributed by atoms with van der Waals surface area (Å²) in [4.78, 5) is 13.5. The molecule has 5 nitrogen and oxygen atoms in total. The normalized spacial score (nSPS) is 18.6. The molecule has 1 unspecified atom stereocenters. The van der Waals surface area contributed by atoms with Crippen molar-refractivity contribution in [2.75, 3.05) is 33.2 Å². The first-order valence-electron chi connectivity index (χ1n) is 7.66. The number of nitrogens with zero attached hydrogens (tertiary/aromatic N) is 1. The first kappa shape index (κ1) is 17.2. The standard InChI is InChI=1S/C15H31N3O2/c1-12(10-17-13-6-8-16-9-7-13)11-18(5)14(19)20-15(2,3)4/h12-13,16-17H,6-11H2,1-5H3. The van der Waals surface area contributed by atoms with Crippen LogP contribution >= 0.6 is 0 Å². The minimum absolute atomic E-state index is 0.244. The van der Waals surface area contributed by atoms with Gasteiger partial charge in [-0.05, 0) is 59.2 Å². The lowest BCUT2D eigenvalue weighted by molar-refractivity contribution is 0.0276. The van der Waals surface area contributed by atoms with Crippen LogP contribution in [0.5, 0.6) is 0 Å². The fraction of sp³-hybridized carbons (Fsp3) is 0.933. The van der Waals surface area contributed by atoms with Gasteiger partial charge in [-0.3, -0.25) is 0 Å². The van der Waals surface area contributed by atoms with Crippen LogP contribution in [0.3, 0.4) is 0 Å². The summed E-state index contributed by atoms with van der Waals surface area (Å²) in [7, 11) is 1.80. The number of amides is 1. The van der Waals surface area contributed by atoms with E-state index in [2.05, 4.69) is 17.6 Å². The third kappa shape index (κ3) is 7.10. The van der Waals surface area contributed by atoms with E-state index in [0.29, 0.717) is 18.5 Å². The van der Waals surface area contributed by atoms with Crippen LogP contribution in [0.25, 0.3) is 0 Å². The molecule has 20 heavy (non-hydrogen) atoms. The van der Waals surface area contributed by atoms with Crippen molar-refractivity contribution in [2.24, 2.45) is 5.92 Å². The van der Waals surface area contributed by atoms with Gasteiger partial charge in [-0.2, -0.15) is 0 Å². The molecule has 1 aliphatic rings. The molecule has 1 fully saturated rings. The lowest BCUT2D eigenvalue weighted by Gasteiger charge is -2.28. The van der Waals surface area contributed by atoms with Crippen molar-refractivity contribution in [2.45, 2.75) is 52.2 Å². The predicted molar refractivity (Wildman–Crippen MR) is 81.9 cm³/mol. The Kier molecular flexibility index (Phi) is 6.76. The molecule has 0 aromatic carbocycles. The Hall–Kier alpha value is -0.810. The second-order valence-corrected chi connectivity index (χ2v) is 6.90. The second kappa shape index (κ2) is 7.84. The smallest absolute Gasteiger partial charge is 0.410 e. The molecule has 0 aromatic heterocycles. The maximum absolute atomic E-state index is 11.9. The molecule has 0 aromatic rings. The summed E-state index contributed by atoms with van der Waals surface area (Å²) < 4.78 is 5.35. The van der Waals surface area contributed by atoms with E-state index in [4.69, 9.17) is 4.74 Å². The van der Waals surface area contributed by atoms with Crippen molar-refractivity contribution >= 4 is 6.09 Å². The number of ether oxygens (including phenoxy) is 1. The Morgan fingerprint density at radius 1 is 1.40 bits per heavy atom. The fourth-order valence-electron chi connectivity index (χ4n) is 2.34. The summed E-state index contributed by atoms with van der Waals surface area (Å²) in [5.74, 6) is 0.419. The van der Waals surface area contributed by atoms with E-state index in [9.17, 15) is 4.79 Å². The molecular formula is C15H31N3O2. The van der Waals surface area contributed by atoms with E-state index < -0.39 is 5.60 Å². The molecule has 5 heteroatoms. The Bertz CT molecular complexity index is 296. The van der Waals surface area contributed by atoms with Crippen LogP contribution in [0.15, 0.2) is 0 Å². The van der Waals surface area contributed by atoms with E-state index in [1.54, 1.807) is 11.9 Å². The van der Waals surface area contributed by atoms with Gasteiger partial charge in [-0.15, -0.1) is 0 Å². The number of rotatable bonds is 5. The summed E-state index contributed by atoms with van der Waals surface area (Å²) in [6, 6.07) is 0.616. The molecule has 0 bridgehead atoms. The summed E-state index contributed by atoms with van der Waals surface area (Å²) in [5.41, 5.74) is -0.429. The number of carbonyl (C=O) groups excluding carboxylic acids is 1. The summed E-state index contributed by atoms with van der Waals surface area (Å²) in [5, 5.41) is 6.96. The van der Waals surface area contributed by atoms with Gasteiger partial charge >= 0.3 is 6.09 Å². The monoisotopic (exact) mass is 285 g/mol. The third-order valence-electron chi connectivity index (χ3n) is 3.38. The molecule has 1 rings (SSSR count). The Morgan fingerprint density at radius 2 is 2.00 bits per heavy atom. The van der Waals surface area contributed by atoms with Crippen molar-refractivity contribution in [3.05, 3.63) is 0 Å². The molecule has 0 radical (unpaired) electrons. The van der Waals surface area contributed by atoms with E-state index >= 15 is 0 Å². The third-order valence-corrected chi connectivity index (χ3v) is 3.38. The average Bonchev–Trinajstić information content (AvgIpc) is 2.35. The molecule has 1 amide bonds. The highest BCUT2D eigenvalue weighted by atomic mass is 16.6. The molecular weight excluding hydrogens is 254 g/mol. The minimum atomic E-state index is -0.429. The van der Waals surface area contributed by atoms with E-state index in [1.165, 1.54) is 12.8 Å². The van der Waals surface area contributed by atoms with Crippen LogP contribution in [-0.2, 0) is 4.74 Å². The van der Waals surface area contributed by atoms with Gasteiger partial charge in [-0.1, -0.05) is 6.92 Å². The van der Waals surface area contributed by atoms with E-state index in [-0.39, 0.29) is 6.09 Å². The molecule has 0 spiro atoms. The zero-order valence-electron chi connectivity index (χ0n) is 13.7. The summed E-state index contributed by atoms with van der Waals surface area (Å²) in [6.07, 6.45) is 2.13. The average molecular weight is 285 g/mol. The van der Waals surface area contributed by atoms with Crippen LogP contribution in [0.4, 0.5) is 4.79 Å². The molecule has 118 valence electrons. The quantitative estimate of drug-likeness (QED) is 0.809. The highest BCUT2D eigenvalue weighted by molar-refractivity contribution is 5.67. The molecule has 1 saturated heterocycles. The van der Waals surface area contributed by atoms with Gasteiger partial charge in [0.1, 0.15) is 5.60 Å². The number of carbonyl (C=O) groups is 1. The van der Waals surface area contributed by atoms with E-state index in [1.807, 2.05) is 20.8 Å². The first-order valence-corrected chi connectivity index (χ1v) is 7.66. The van der Waals surface area contributed by atoms with Crippen LogP contribution < -0.4 is 10.6 Å². The number of hydrogen-bond acceptors (Lipinski definition) is 4. The molecule has 0 saturated carbocycles. The van der Waals surface area contributed by atoms with Gasteiger partial charge in [0.15, 0.2) is 0 Å². The minimum Gasteiger partial charge on any atom is -0.444 e. The SMILES string of the molecule is CC(CNC1CCNCC1)CN(C)C(=O)OC(C)(C)C. The summed E-state index contributed by atoms with van der Waals surface area (Å²) >= 11 is 0. The van der Waals surface area contributed by atoms with Gasteiger partial charge < -0.3 is 20.3 Å². The van der Waals surface area contributed by atoms with Gasteiger partial charge in [0, 0.05) is 19.6 Å². The topological polar surface area (TPSA) is 53.6 Å². The van der Waals surface area contributed by atoms with Crippen molar-refractivity contribution in [3.63, 3.8) is 0 Å². The molecule has 1 atom stereocenters. The predicted octanol–water partition coefficient (Wildman–Crippen LogP) is 1.83. The first-order chi connectivity index (χ1) is 9.28. The number of piperidine rings is 1. The molecule has 1 aliphatic heterocycles. The van der Waals surface area contributed by atoms with E-state index in [0.717, 1.165) is 19.6 Å². The maximum atomic E-state index is 11.9. The largest absolute Gasteiger partial charge is 0.444 e. The Morgan fingerprint density at radius 3 is 2.55 bits per heavy atom. The van der Waals surface area contributed by atoms with Gasteiger partial charge in [0.25, 0.3) is 0 Å². The van der Waals surface area contributed by atoms with Gasteiger partial charge in [-0.25, -0.2) is 4.79 Å². The molecule has 0 aliphatic carbocycles. The zero-order valence-corrected chi connectivity index (χ0v) is 13.7. The van der Waals surface area contributed by atoms with Crippen LogP contribution in [0.2, 0.25) is 0 Å². The van der Waals surface area contributed by atoms with Crippen LogP contribution in [-0.4, -0.2) is 55.9 Å². The number of hydrogen-bond donors (Lipinski definition) is 2. The van der Waals surface area contributed by atoms with Crippen molar-refractivity contribution in [3.8, 4) is 0 Å². The van der Waals surface area contributed by atoms with Crippen molar-refractivity contribution in [1.82, 2.24) is 15.5 Å². The molecule has 1 heterocycles. The van der Waals surface area contributed by atoms with Crippen molar-refractivity contribution in [1.29, 1.82) is 0 Å². The number of nitrogens with one attached hydrogen (secondary N) is 2. The zero-order chi connectivity index (χ0) is 15.2. The van der Waals surface area contributed by atoms with Gasteiger partial charge in [0.2, 0.25) is 0 Å². The lowest BCUT2D eigenvalue weighted by atomic mass is 10.1. The lowest BCUT2D eigenvalue weighted by Crippen LogP contribution is -2.43. The molecule has 2 N–H and O–H groups in total. The Labute approximate surface area is 123 Å². The van der Waals surface area contributed by atoms with Gasteiger partial charge in [0.05, 0.1) is 0 Å². The second-order valence-electron chi connectivity index (χ2n) is 6.90. The fourth-order valence-corrected chi connectivity index (χ4v) is 2.34.